The monoisotopic (exact) mass is 400 g/mol. The molecule has 0 aliphatic carbocycles. The normalized spacial score (nSPS) is 20.7. The molecule has 0 N–H and O–H groups in total. The van der Waals surface area contributed by atoms with Crippen molar-refractivity contribution in [3.63, 3.8) is 0 Å². The Labute approximate surface area is 166 Å². The zero-order valence-corrected chi connectivity index (χ0v) is 16.2. The first kappa shape index (κ1) is 18.2. The van der Waals surface area contributed by atoms with Gasteiger partial charge in [0.2, 0.25) is 0 Å². The number of hydrogen-bond donors (Lipinski definition) is 0. The van der Waals surface area contributed by atoms with Crippen molar-refractivity contribution in [2.75, 3.05) is 24.1 Å². The number of fused-ring (bicyclic) bond motifs is 1. The highest BCUT2D eigenvalue weighted by Crippen LogP contribution is 2.38. The quantitative estimate of drug-likeness (QED) is 0.736. The lowest BCUT2D eigenvalue weighted by Crippen LogP contribution is -2.39. The van der Waals surface area contributed by atoms with Gasteiger partial charge >= 0.3 is 0 Å². The number of carbonyl (C=O) groups excluding carboxylic acids is 2. The molecule has 4 rings (SSSR count). The molecule has 0 bridgehead atoms. The standard InChI is InChI=1S/C19H17ClN4O4/c1-10-4-5-11(8-13(10)20)23-18(25)16-17(19(23)26)24(22-21-16)12-6-7-14(27-2)15(9-12)28-3/h4-9,16-17H,1-3H3/t16-,17+/m0/s1. The Morgan fingerprint density at radius 3 is 2.36 bits per heavy atom. The molecule has 2 aromatic carbocycles. The topological polar surface area (TPSA) is 83.8 Å². The van der Waals surface area contributed by atoms with E-state index in [9.17, 15) is 9.59 Å². The summed E-state index contributed by atoms with van der Waals surface area (Å²) in [5.74, 6) is 0.192. The highest BCUT2D eigenvalue weighted by Gasteiger charge is 2.55. The molecule has 2 atom stereocenters. The summed E-state index contributed by atoms with van der Waals surface area (Å²) < 4.78 is 10.5. The van der Waals surface area contributed by atoms with Gasteiger partial charge in [0.1, 0.15) is 0 Å². The lowest BCUT2D eigenvalue weighted by Gasteiger charge is -2.21. The van der Waals surface area contributed by atoms with Gasteiger partial charge in [-0.25, -0.2) is 9.91 Å². The Bertz CT molecular complexity index is 1010. The summed E-state index contributed by atoms with van der Waals surface area (Å²) in [5, 5.41) is 10.00. The fourth-order valence-electron chi connectivity index (χ4n) is 3.32. The lowest BCUT2D eigenvalue weighted by atomic mass is 10.1. The molecule has 2 aliphatic rings. The van der Waals surface area contributed by atoms with Gasteiger partial charge in [-0.15, -0.1) is 0 Å². The van der Waals surface area contributed by atoms with Crippen LogP contribution >= 0.6 is 11.6 Å². The van der Waals surface area contributed by atoms with E-state index in [0.717, 1.165) is 10.5 Å². The van der Waals surface area contributed by atoms with E-state index in [2.05, 4.69) is 10.3 Å². The zero-order chi connectivity index (χ0) is 20.0. The van der Waals surface area contributed by atoms with Gasteiger partial charge in [0.15, 0.2) is 23.6 Å². The van der Waals surface area contributed by atoms with Crippen LogP contribution in [0, 0.1) is 6.92 Å². The van der Waals surface area contributed by atoms with E-state index in [1.807, 2.05) is 6.92 Å². The van der Waals surface area contributed by atoms with E-state index in [1.54, 1.807) is 36.4 Å². The molecule has 2 aromatic rings. The Morgan fingerprint density at radius 2 is 1.68 bits per heavy atom. The van der Waals surface area contributed by atoms with Crippen LogP contribution in [0.2, 0.25) is 5.02 Å². The summed E-state index contributed by atoms with van der Waals surface area (Å²) in [6.07, 6.45) is 0. The molecule has 144 valence electrons. The highest BCUT2D eigenvalue weighted by molar-refractivity contribution is 6.32. The number of ether oxygens (including phenoxy) is 2. The molecule has 0 radical (unpaired) electrons. The number of nitrogens with zero attached hydrogens (tertiary/aromatic N) is 4. The fourth-order valence-corrected chi connectivity index (χ4v) is 3.49. The number of anilines is 2. The summed E-state index contributed by atoms with van der Waals surface area (Å²) >= 11 is 6.17. The second kappa shape index (κ2) is 6.79. The van der Waals surface area contributed by atoms with Crippen molar-refractivity contribution in [1.82, 2.24) is 0 Å². The maximum atomic E-state index is 13.1. The van der Waals surface area contributed by atoms with Crippen molar-refractivity contribution < 1.29 is 19.1 Å². The Hall–Kier alpha value is -3.13. The van der Waals surface area contributed by atoms with Gasteiger partial charge in [-0.1, -0.05) is 22.9 Å². The first-order chi connectivity index (χ1) is 13.5. The molecule has 0 unspecified atom stereocenters. The third kappa shape index (κ3) is 2.68. The van der Waals surface area contributed by atoms with Crippen LogP contribution in [0.5, 0.6) is 11.5 Å². The molecular weight excluding hydrogens is 384 g/mol. The number of aryl methyl sites for hydroxylation is 1. The van der Waals surface area contributed by atoms with Gasteiger partial charge < -0.3 is 9.47 Å². The first-order valence-corrected chi connectivity index (χ1v) is 8.90. The van der Waals surface area contributed by atoms with Gasteiger partial charge in [-0.2, -0.15) is 5.11 Å². The van der Waals surface area contributed by atoms with Crippen molar-refractivity contribution in [2.45, 2.75) is 19.0 Å². The molecule has 2 amide bonds. The number of benzene rings is 2. The van der Waals surface area contributed by atoms with Crippen LogP contribution < -0.4 is 19.4 Å². The number of imide groups is 1. The van der Waals surface area contributed by atoms with E-state index >= 15 is 0 Å². The number of halogens is 1. The maximum absolute atomic E-state index is 13.1. The van der Waals surface area contributed by atoms with Crippen LogP contribution in [0.1, 0.15) is 5.56 Å². The van der Waals surface area contributed by atoms with Gasteiger partial charge in [0, 0.05) is 11.1 Å². The van der Waals surface area contributed by atoms with Gasteiger partial charge in [-0.05, 0) is 36.8 Å². The molecule has 8 nitrogen and oxygen atoms in total. The minimum Gasteiger partial charge on any atom is -0.493 e. The number of hydrogen-bond acceptors (Lipinski definition) is 7. The number of carbonyl (C=O) groups is 2. The van der Waals surface area contributed by atoms with Crippen LogP contribution in [0.15, 0.2) is 46.7 Å². The van der Waals surface area contributed by atoms with Crippen LogP contribution in [-0.4, -0.2) is 38.1 Å². The van der Waals surface area contributed by atoms with Crippen LogP contribution in [-0.2, 0) is 9.59 Å². The summed E-state index contributed by atoms with van der Waals surface area (Å²) in [7, 11) is 3.05. The average Bonchev–Trinajstić information content (AvgIpc) is 3.24. The van der Waals surface area contributed by atoms with E-state index < -0.39 is 23.9 Å². The molecule has 0 spiro atoms. The van der Waals surface area contributed by atoms with Gasteiger partial charge in [0.05, 0.1) is 25.6 Å². The Kier molecular flexibility index (Phi) is 4.43. The van der Waals surface area contributed by atoms with Crippen LogP contribution in [0.4, 0.5) is 11.4 Å². The summed E-state index contributed by atoms with van der Waals surface area (Å²) in [6.45, 7) is 1.85. The van der Waals surface area contributed by atoms with Crippen molar-refractivity contribution in [2.24, 2.45) is 10.3 Å². The van der Waals surface area contributed by atoms with Crippen LogP contribution in [0.3, 0.4) is 0 Å². The smallest absolute Gasteiger partial charge is 0.263 e. The van der Waals surface area contributed by atoms with E-state index in [0.29, 0.717) is 27.9 Å². The zero-order valence-electron chi connectivity index (χ0n) is 15.4. The summed E-state index contributed by atoms with van der Waals surface area (Å²) in [6, 6.07) is 8.42. The Balaban J connectivity index is 1.69. The third-order valence-corrected chi connectivity index (χ3v) is 5.23. The van der Waals surface area contributed by atoms with Crippen LogP contribution in [0.25, 0.3) is 0 Å². The van der Waals surface area contributed by atoms with E-state index in [4.69, 9.17) is 21.1 Å². The molecule has 1 saturated heterocycles. The minimum atomic E-state index is -0.902. The SMILES string of the molecule is COc1ccc(N2N=N[C@@H]3C(=O)N(c4ccc(C)c(Cl)c4)C(=O)[C@@H]32)cc1OC. The predicted octanol–water partition coefficient (Wildman–Crippen LogP) is 3.16. The molecular formula is C19H17ClN4O4. The van der Waals surface area contributed by atoms with Crippen molar-refractivity contribution >= 4 is 34.8 Å². The largest absolute Gasteiger partial charge is 0.493 e. The molecule has 2 aliphatic heterocycles. The third-order valence-electron chi connectivity index (χ3n) is 4.83. The second-order valence-corrected chi connectivity index (χ2v) is 6.83. The van der Waals surface area contributed by atoms with E-state index in [-0.39, 0.29) is 0 Å². The Morgan fingerprint density at radius 1 is 0.964 bits per heavy atom. The van der Waals surface area contributed by atoms with Crippen molar-refractivity contribution in [3.8, 4) is 11.5 Å². The second-order valence-electron chi connectivity index (χ2n) is 6.42. The van der Waals surface area contributed by atoms with Gasteiger partial charge in [-0.3, -0.25) is 9.59 Å². The number of rotatable bonds is 4. The number of amides is 2. The highest BCUT2D eigenvalue weighted by atomic mass is 35.5. The van der Waals surface area contributed by atoms with Crippen molar-refractivity contribution in [3.05, 3.63) is 47.0 Å². The van der Waals surface area contributed by atoms with E-state index in [1.165, 1.54) is 19.2 Å². The minimum absolute atomic E-state index is 0.408. The summed E-state index contributed by atoms with van der Waals surface area (Å²) in [4.78, 5) is 27.0. The molecule has 0 saturated carbocycles. The van der Waals surface area contributed by atoms with Crippen molar-refractivity contribution in [1.29, 1.82) is 0 Å². The molecule has 9 heteroatoms. The molecule has 2 heterocycles. The number of methoxy groups -OCH3 is 2. The fraction of sp³-hybridized carbons (Fsp3) is 0.263. The lowest BCUT2D eigenvalue weighted by molar-refractivity contribution is -0.121. The first-order valence-electron chi connectivity index (χ1n) is 8.52. The average molecular weight is 401 g/mol. The molecule has 0 aromatic heterocycles. The summed E-state index contributed by atoms with van der Waals surface area (Å²) in [5.41, 5.74) is 1.85. The maximum Gasteiger partial charge on any atom is 0.263 e. The predicted molar refractivity (Wildman–Crippen MR) is 103 cm³/mol. The molecule has 1 fully saturated rings. The molecule has 28 heavy (non-hydrogen) atoms. The van der Waals surface area contributed by atoms with Gasteiger partial charge in [0.25, 0.3) is 11.8 Å².